The van der Waals surface area contributed by atoms with Gasteiger partial charge in [-0.25, -0.2) is 15.0 Å². The maximum absolute atomic E-state index is 11.2. The van der Waals surface area contributed by atoms with Crippen LogP contribution in [0.2, 0.25) is 0 Å². The number of nitrogens with zero attached hydrogens (tertiary/aromatic N) is 4. The molecule has 23 heavy (non-hydrogen) atoms. The summed E-state index contributed by atoms with van der Waals surface area (Å²) in [5.74, 6) is 1.61. The van der Waals surface area contributed by atoms with Gasteiger partial charge in [0.15, 0.2) is 0 Å². The molecule has 3 aromatic rings. The second kappa shape index (κ2) is 6.48. The first-order chi connectivity index (χ1) is 11.2. The average molecular weight is 308 g/mol. The standard InChI is InChI=1S/C15H12N6O2/c22-21(23)11-7-8-14(18-12-5-1-3-9-16-12)20-15(11)19-13-6-2-4-10-17-13/h1-10H,(H2,16,17,18,19,20). The maximum atomic E-state index is 11.2. The van der Waals surface area contributed by atoms with Crippen LogP contribution in [0.15, 0.2) is 60.9 Å². The summed E-state index contributed by atoms with van der Waals surface area (Å²) in [6, 6.07) is 13.5. The number of hydrogen-bond donors (Lipinski definition) is 2. The summed E-state index contributed by atoms with van der Waals surface area (Å²) in [4.78, 5) is 23.1. The van der Waals surface area contributed by atoms with E-state index in [1.165, 1.54) is 12.1 Å². The Labute approximate surface area is 131 Å². The lowest BCUT2D eigenvalue weighted by Crippen LogP contribution is -2.03. The van der Waals surface area contributed by atoms with E-state index in [0.29, 0.717) is 17.5 Å². The molecular formula is C15H12N6O2. The molecule has 0 saturated heterocycles. The summed E-state index contributed by atoms with van der Waals surface area (Å²) >= 11 is 0. The predicted molar refractivity (Wildman–Crippen MR) is 85.9 cm³/mol. The van der Waals surface area contributed by atoms with E-state index in [4.69, 9.17) is 0 Å². The minimum atomic E-state index is -0.497. The molecule has 0 aliphatic rings. The molecule has 0 aliphatic heterocycles. The molecule has 3 aromatic heterocycles. The van der Waals surface area contributed by atoms with Gasteiger partial charge in [-0.3, -0.25) is 10.1 Å². The first-order valence-electron chi connectivity index (χ1n) is 6.74. The van der Waals surface area contributed by atoms with Crippen molar-refractivity contribution in [2.75, 3.05) is 10.6 Å². The lowest BCUT2D eigenvalue weighted by Gasteiger charge is -2.08. The van der Waals surface area contributed by atoms with Gasteiger partial charge in [0.05, 0.1) is 4.92 Å². The number of pyridine rings is 3. The van der Waals surface area contributed by atoms with Crippen LogP contribution in [0, 0.1) is 10.1 Å². The number of nitrogens with one attached hydrogen (secondary N) is 2. The summed E-state index contributed by atoms with van der Waals surface area (Å²) in [7, 11) is 0. The van der Waals surface area contributed by atoms with Gasteiger partial charge in [-0.15, -0.1) is 0 Å². The van der Waals surface area contributed by atoms with Crippen LogP contribution in [-0.2, 0) is 0 Å². The first-order valence-corrected chi connectivity index (χ1v) is 6.74. The Morgan fingerprint density at radius 1 is 0.826 bits per heavy atom. The lowest BCUT2D eigenvalue weighted by atomic mass is 10.3. The summed E-state index contributed by atoms with van der Waals surface area (Å²) < 4.78 is 0. The third-order valence-corrected chi connectivity index (χ3v) is 2.90. The average Bonchev–Trinajstić information content (AvgIpc) is 2.57. The molecule has 3 rings (SSSR count). The summed E-state index contributed by atoms with van der Waals surface area (Å²) in [5, 5.41) is 17.0. The zero-order chi connectivity index (χ0) is 16.1. The molecule has 0 bridgehead atoms. The second-order valence-corrected chi connectivity index (χ2v) is 4.50. The van der Waals surface area contributed by atoms with E-state index in [9.17, 15) is 10.1 Å². The van der Waals surface area contributed by atoms with Crippen molar-refractivity contribution in [3.8, 4) is 0 Å². The number of rotatable bonds is 5. The topological polar surface area (TPSA) is 106 Å². The van der Waals surface area contributed by atoms with Crippen molar-refractivity contribution in [1.29, 1.82) is 0 Å². The van der Waals surface area contributed by atoms with Gasteiger partial charge in [0, 0.05) is 18.5 Å². The summed E-state index contributed by atoms with van der Waals surface area (Å²) in [6.07, 6.45) is 3.23. The highest BCUT2D eigenvalue weighted by Crippen LogP contribution is 2.27. The first kappa shape index (κ1) is 14.4. The largest absolute Gasteiger partial charge is 0.325 e. The van der Waals surface area contributed by atoms with Crippen LogP contribution in [-0.4, -0.2) is 19.9 Å². The summed E-state index contributed by atoms with van der Waals surface area (Å²) in [6.45, 7) is 0. The van der Waals surface area contributed by atoms with Crippen LogP contribution in [0.25, 0.3) is 0 Å². The fraction of sp³-hybridized carbons (Fsp3) is 0. The van der Waals surface area contributed by atoms with Crippen LogP contribution in [0.4, 0.5) is 29.0 Å². The van der Waals surface area contributed by atoms with Crippen LogP contribution >= 0.6 is 0 Å². The zero-order valence-electron chi connectivity index (χ0n) is 11.9. The monoisotopic (exact) mass is 308 g/mol. The van der Waals surface area contributed by atoms with E-state index in [1.807, 2.05) is 6.07 Å². The Morgan fingerprint density at radius 2 is 1.48 bits per heavy atom. The van der Waals surface area contributed by atoms with E-state index < -0.39 is 4.92 Å². The van der Waals surface area contributed by atoms with Crippen molar-refractivity contribution >= 4 is 29.0 Å². The van der Waals surface area contributed by atoms with Crippen molar-refractivity contribution in [2.45, 2.75) is 0 Å². The van der Waals surface area contributed by atoms with Crippen LogP contribution in [0.5, 0.6) is 0 Å². The van der Waals surface area contributed by atoms with Crippen molar-refractivity contribution in [3.63, 3.8) is 0 Å². The van der Waals surface area contributed by atoms with Gasteiger partial charge in [0.1, 0.15) is 17.5 Å². The molecule has 0 spiro atoms. The molecule has 0 unspecified atom stereocenters. The van der Waals surface area contributed by atoms with Crippen LogP contribution in [0.1, 0.15) is 0 Å². The fourth-order valence-corrected chi connectivity index (χ4v) is 1.89. The molecule has 114 valence electrons. The van der Waals surface area contributed by atoms with E-state index >= 15 is 0 Å². The third-order valence-electron chi connectivity index (χ3n) is 2.90. The smallest absolute Gasteiger partial charge is 0.311 e. The fourth-order valence-electron chi connectivity index (χ4n) is 1.89. The van der Waals surface area contributed by atoms with Crippen LogP contribution in [0.3, 0.4) is 0 Å². The lowest BCUT2D eigenvalue weighted by molar-refractivity contribution is -0.384. The van der Waals surface area contributed by atoms with Gasteiger partial charge in [-0.1, -0.05) is 12.1 Å². The Balaban J connectivity index is 1.91. The molecule has 0 aliphatic carbocycles. The van der Waals surface area contributed by atoms with E-state index in [-0.39, 0.29) is 11.5 Å². The van der Waals surface area contributed by atoms with Gasteiger partial charge in [-0.05, 0) is 30.3 Å². The minimum absolute atomic E-state index is 0.106. The molecule has 3 heterocycles. The Kier molecular flexibility index (Phi) is 4.05. The Hall–Kier alpha value is -3.55. The van der Waals surface area contributed by atoms with Gasteiger partial charge >= 0.3 is 5.69 Å². The van der Waals surface area contributed by atoms with Crippen molar-refractivity contribution in [3.05, 3.63) is 71.0 Å². The molecule has 2 N–H and O–H groups in total. The SMILES string of the molecule is O=[N+]([O-])c1ccc(Nc2ccccn2)nc1Nc1ccccn1. The molecule has 0 saturated carbocycles. The highest BCUT2D eigenvalue weighted by atomic mass is 16.6. The summed E-state index contributed by atoms with van der Waals surface area (Å²) in [5.41, 5.74) is -0.137. The van der Waals surface area contributed by atoms with E-state index in [1.54, 1.807) is 42.7 Å². The Bertz CT molecular complexity index is 811. The number of aromatic nitrogens is 3. The predicted octanol–water partition coefficient (Wildman–Crippen LogP) is 3.27. The van der Waals surface area contributed by atoms with Gasteiger partial charge < -0.3 is 10.6 Å². The highest BCUT2D eigenvalue weighted by Gasteiger charge is 2.16. The molecule has 0 amide bonds. The quantitative estimate of drug-likeness (QED) is 0.550. The molecule has 0 aromatic carbocycles. The molecule has 0 atom stereocenters. The van der Waals surface area contributed by atoms with E-state index in [0.717, 1.165) is 0 Å². The van der Waals surface area contributed by atoms with E-state index in [2.05, 4.69) is 25.6 Å². The second-order valence-electron chi connectivity index (χ2n) is 4.50. The number of anilines is 4. The van der Waals surface area contributed by atoms with Crippen LogP contribution < -0.4 is 10.6 Å². The highest BCUT2D eigenvalue weighted by molar-refractivity contribution is 5.67. The van der Waals surface area contributed by atoms with Gasteiger partial charge in [0.2, 0.25) is 5.82 Å². The molecule has 8 nitrogen and oxygen atoms in total. The van der Waals surface area contributed by atoms with Crippen molar-refractivity contribution < 1.29 is 4.92 Å². The molecule has 0 radical (unpaired) electrons. The maximum Gasteiger partial charge on any atom is 0.311 e. The van der Waals surface area contributed by atoms with Crippen molar-refractivity contribution in [1.82, 2.24) is 15.0 Å². The number of nitro groups is 1. The van der Waals surface area contributed by atoms with Gasteiger partial charge in [0.25, 0.3) is 0 Å². The molecule has 0 fully saturated rings. The third kappa shape index (κ3) is 3.56. The zero-order valence-corrected chi connectivity index (χ0v) is 11.9. The van der Waals surface area contributed by atoms with Gasteiger partial charge in [-0.2, -0.15) is 0 Å². The molecule has 8 heteroatoms. The van der Waals surface area contributed by atoms with Crippen molar-refractivity contribution in [2.24, 2.45) is 0 Å². The molecular weight excluding hydrogens is 296 g/mol. The number of hydrogen-bond acceptors (Lipinski definition) is 7. The normalized spacial score (nSPS) is 10.1. The Morgan fingerprint density at radius 3 is 2.04 bits per heavy atom. The minimum Gasteiger partial charge on any atom is -0.325 e.